The van der Waals surface area contributed by atoms with Crippen molar-refractivity contribution in [3.8, 4) is 0 Å². The monoisotopic (exact) mass is 324 g/mol. The van der Waals surface area contributed by atoms with Crippen molar-refractivity contribution in [2.24, 2.45) is 5.92 Å². The number of ether oxygens (including phenoxy) is 1. The zero-order valence-electron chi connectivity index (χ0n) is 13.6. The molecule has 0 bridgehead atoms. The van der Waals surface area contributed by atoms with Gasteiger partial charge in [-0.15, -0.1) is 0 Å². The van der Waals surface area contributed by atoms with Gasteiger partial charge in [-0.25, -0.2) is 8.78 Å². The van der Waals surface area contributed by atoms with E-state index in [-0.39, 0.29) is 12.4 Å². The van der Waals surface area contributed by atoms with E-state index < -0.39 is 6.43 Å². The van der Waals surface area contributed by atoms with Crippen molar-refractivity contribution < 1.29 is 18.3 Å². The van der Waals surface area contributed by atoms with E-state index in [1.165, 1.54) is 0 Å². The molecule has 21 heavy (non-hydrogen) atoms. The molecule has 0 rings (SSSR count). The molecule has 0 aromatic carbocycles. The van der Waals surface area contributed by atoms with Crippen LogP contribution in [0.1, 0.15) is 65.7 Å². The lowest BCUT2D eigenvalue weighted by Crippen LogP contribution is -2.13. The van der Waals surface area contributed by atoms with Gasteiger partial charge in [0.1, 0.15) is 6.61 Å². The highest BCUT2D eigenvalue weighted by Gasteiger charge is 2.10. The fourth-order valence-corrected chi connectivity index (χ4v) is 2.82. The number of alkyl halides is 2. The highest BCUT2D eigenvalue weighted by Crippen LogP contribution is 2.19. The van der Waals surface area contributed by atoms with Gasteiger partial charge in [-0.3, -0.25) is 4.79 Å². The first kappa shape index (κ1) is 20.7. The second-order valence-electron chi connectivity index (χ2n) is 5.68. The van der Waals surface area contributed by atoms with Crippen molar-refractivity contribution >= 4 is 17.7 Å². The molecule has 0 aliphatic carbocycles. The smallest absolute Gasteiger partial charge is 0.305 e. The Morgan fingerprint density at radius 1 is 1.14 bits per heavy atom. The van der Waals surface area contributed by atoms with Crippen LogP contribution in [0.4, 0.5) is 8.78 Å². The van der Waals surface area contributed by atoms with Gasteiger partial charge in [0.2, 0.25) is 6.43 Å². The van der Waals surface area contributed by atoms with Crippen LogP contribution in [0.5, 0.6) is 0 Å². The molecule has 0 saturated carbocycles. The molecule has 0 aromatic rings. The highest BCUT2D eigenvalue weighted by atomic mass is 32.2. The van der Waals surface area contributed by atoms with Gasteiger partial charge in [-0.1, -0.05) is 20.3 Å². The molecule has 0 N–H and O–H groups in total. The Morgan fingerprint density at radius 3 is 2.48 bits per heavy atom. The summed E-state index contributed by atoms with van der Waals surface area (Å²) in [5, 5.41) is 0.298. The topological polar surface area (TPSA) is 26.3 Å². The van der Waals surface area contributed by atoms with Crippen LogP contribution in [0.25, 0.3) is 0 Å². The molecule has 0 heterocycles. The Labute approximate surface area is 132 Å². The van der Waals surface area contributed by atoms with Gasteiger partial charge in [0.25, 0.3) is 0 Å². The van der Waals surface area contributed by atoms with Gasteiger partial charge in [0, 0.05) is 18.1 Å². The van der Waals surface area contributed by atoms with Crippen LogP contribution in [0, 0.1) is 5.92 Å². The molecule has 0 saturated heterocycles. The Morgan fingerprint density at radius 2 is 1.86 bits per heavy atom. The predicted molar refractivity (Wildman–Crippen MR) is 86.0 cm³/mol. The minimum atomic E-state index is -2.18. The third kappa shape index (κ3) is 14.4. The fourth-order valence-electron chi connectivity index (χ4n) is 1.92. The summed E-state index contributed by atoms with van der Waals surface area (Å²) in [7, 11) is 0. The summed E-state index contributed by atoms with van der Waals surface area (Å²) in [5.41, 5.74) is 0. The van der Waals surface area contributed by atoms with Gasteiger partial charge in [0.05, 0.1) is 0 Å². The largest absolute Gasteiger partial charge is 0.465 e. The van der Waals surface area contributed by atoms with Gasteiger partial charge in [-0.05, 0) is 44.3 Å². The van der Waals surface area contributed by atoms with Crippen molar-refractivity contribution in [3.63, 3.8) is 0 Å². The van der Waals surface area contributed by atoms with Gasteiger partial charge in [-0.2, -0.15) is 11.8 Å². The summed E-state index contributed by atoms with van der Waals surface area (Å²) in [6.45, 7) is 6.60. The average molecular weight is 324 g/mol. The summed E-state index contributed by atoms with van der Waals surface area (Å²) in [6, 6.07) is 0. The first-order valence-corrected chi connectivity index (χ1v) is 9.05. The Hall–Kier alpha value is -0.320. The van der Waals surface area contributed by atoms with E-state index in [0.29, 0.717) is 30.6 Å². The summed E-state index contributed by atoms with van der Waals surface area (Å²) >= 11 is 1.78. The number of hydrogen-bond donors (Lipinski definition) is 0. The summed E-state index contributed by atoms with van der Waals surface area (Å²) < 4.78 is 29.3. The molecule has 0 aliphatic rings. The number of carbonyl (C=O) groups is 1. The first-order chi connectivity index (χ1) is 9.95. The number of carbonyl (C=O) groups excluding carboxylic acids is 1. The lowest BCUT2D eigenvalue weighted by atomic mass is 10.0. The third-order valence-electron chi connectivity index (χ3n) is 3.33. The quantitative estimate of drug-likeness (QED) is 0.339. The zero-order chi connectivity index (χ0) is 16.1. The number of hydrogen-bond acceptors (Lipinski definition) is 3. The van der Waals surface area contributed by atoms with E-state index in [1.807, 2.05) is 13.8 Å². The van der Waals surface area contributed by atoms with E-state index in [9.17, 15) is 13.6 Å². The Bertz CT molecular complexity index is 263. The average Bonchev–Trinajstić information content (AvgIpc) is 2.45. The lowest BCUT2D eigenvalue weighted by molar-refractivity contribution is -0.143. The summed E-state index contributed by atoms with van der Waals surface area (Å²) in [6.07, 6.45) is 2.86. The maximum absolute atomic E-state index is 12.1. The van der Waals surface area contributed by atoms with Crippen molar-refractivity contribution in [1.82, 2.24) is 0 Å². The molecular formula is C16H30F2O2S. The molecule has 0 amide bonds. The van der Waals surface area contributed by atoms with Crippen molar-refractivity contribution in [2.75, 3.05) is 12.4 Å². The molecule has 2 atom stereocenters. The van der Waals surface area contributed by atoms with E-state index in [1.54, 1.807) is 11.8 Å². The number of esters is 1. The zero-order valence-corrected chi connectivity index (χ0v) is 14.4. The predicted octanol–water partition coefficient (Wildman–Crippen LogP) is 5.30. The SMILES string of the molecule is CCCCC(=O)OCC(C)SCCCC(C)CCC(F)F. The minimum Gasteiger partial charge on any atom is -0.465 e. The Kier molecular flexibility index (Phi) is 13.1. The van der Waals surface area contributed by atoms with Crippen LogP contribution in [0.3, 0.4) is 0 Å². The van der Waals surface area contributed by atoms with Crippen LogP contribution in [0.2, 0.25) is 0 Å². The van der Waals surface area contributed by atoms with E-state index in [4.69, 9.17) is 4.74 Å². The van der Waals surface area contributed by atoms with Crippen LogP contribution in [-0.2, 0) is 9.53 Å². The highest BCUT2D eigenvalue weighted by molar-refractivity contribution is 7.99. The maximum atomic E-state index is 12.1. The number of halogens is 2. The van der Waals surface area contributed by atoms with Crippen LogP contribution in [0.15, 0.2) is 0 Å². The van der Waals surface area contributed by atoms with Crippen LogP contribution >= 0.6 is 11.8 Å². The molecule has 5 heteroatoms. The standard InChI is InChI=1S/C16H30F2O2S/c1-4-5-8-16(19)20-12-14(3)21-11-6-7-13(2)9-10-15(17)18/h13-15H,4-12H2,1-3H3. The van der Waals surface area contributed by atoms with Crippen LogP contribution < -0.4 is 0 Å². The fraction of sp³-hybridized carbons (Fsp3) is 0.938. The normalized spacial score (nSPS) is 14.2. The molecule has 0 fully saturated rings. The summed E-state index contributed by atoms with van der Waals surface area (Å²) in [5.74, 6) is 1.25. The molecular weight excluding hydrogens is 294 g/mol. The number of thioether (sulfide) groups is 1. The maximum Gasteiger partial charge on any atom is 0.305 e. The Balaban J connectivity index is 3.48. The molecule has 2 nitrogen and oxygen atoms in total. The van der Waals surface area contributed by atoms with Gasteiger partial charge in [0.15, 0.2) is 0 Å². The minimum absolute atomic E-state index is 0.0123. The molecule has 2 unspecified atom stereocenters. The first-order valence-electron chi connectivity index (χ1n) is 8.01. The molecule has 0 spiro atoms. The second kappa shape index (κ2) is 13.4. The number of rotatable bonds is 13. The molecule has 126 valence electrons. The molecule has 0 aromatic heterocycles. The lowest BCUT2D eigenvalue weighted by Gasteiger charge is -2.13. The van der Waals surface area contributed by atoms with Crippen molar-refractivity contribution in [2.45, 2.75) is 77.4 Å². The van der Waals surface area contributed by atoms with E-state index in [0.717, 1.165) is 31.4 Å². The van der Waals surface area contributed by atoms with E-state index >= 15 is 0 Å². The van der Waals surface area contributed by atoms with Crippen molar-refractivity contribution in [1.29, 1.82) is 0 Å². The van der Waals surface area contributed by atoms with Crippen molar-refractivity contribution in [3.05, 3.63) is 0 Å². The molecule has 0 radical (unpaired) electrons. The van der Waals surface area contributed by atoms with Crippen LogP contribution in [-0.4, -0.2) is 30.0 Å². The third-order valence-corrected chi connectivity index (χ3v) is 4.56. The second-order valence-corrected chi connectivity index (χ2v) is 7.23. The van der Waals surface area contributed by atoms with Gasteiger partial charge < -0.3 is 4.74 Å². The van der Waals surface area contributed by atoms with Gasteiger partial charge >= 0.3 is 5.97 Å². The number of unbranched alkanes of at least 4 members (excludes halogenated alkanes) is 1. The van der Waals surface area contributed by atoms with E-state index in [2.05, 4.69) is 6.92 Å². The molecule has 0 aliphatic heterocycles. The summed E-state index contributed by atoms with van der Waals surface area (Å²) in [4.78, 5) is 11.4.